The molecule has 0 radical (unpaired) electrons. The maximum Gasteiger partial charge on any atom is 0.252 e. The van der Waals surface area contributed by atoms with Crippen LogP contribution in [-0.2, 0) is 10.8 Å². The third-order valence-electron chi connectivity index (χ3n) is 17.6. The fraction of sp³-hybridized carbons (Fsp3) is 0.105. The van der Waals surface area contributed by atoms with Crippen LogP contribution in [0.15, 0.2) is 237 Å². The smallest absolute Gasteiger partial charge is 0.252 e. The molecule has 0 amide bonds. The van der Waals surface area contributed by atoms with E-state index < -0.39 is 0 Å². The van der Waals surface area contributed by atoms with Gasteiger partial charge in [0.1, 0.15) is 0 Å². The van der Waals surface area contributed by atoms with Crippen LogP contribution in [0.5, 0.6) is 0 Å². The summed E-state index contributed by atoms with van der Waals surface area (Å²) in [4.78, 5) is 11.1. The zero-order chi connectivity index (χ0) is 54.5. The van der Waals surface area contributed by atoms with Crippen LogP contribution in [0, 0.1) is 0 Å². The lowest BCUT2D eigenvalue weighted by molar-refractivity contribution is 0.590. The van der Waals surface area contributed by atoms with Gasteiger partial charge in [-0.2, -0.15) is 0 Å². The molecule has 5 heterocycles. The SMILES string of the molecule is CC(C)(C)c1ccc(-c2cc3c4c(c2)c2cc(-c5ccccc5)ccc2n4-c2cc(-c4nc(-c5ccccc5)c5ccccc5n4)cc4c2B3c2cc(-c3ccc(C(C)(C)C)cc3)cc3c5cc(-c6ccccc6)ccc5n-4c23)cc1. The zero-order valence-corrected chi connectivity index (χ0v) is 46.4. The van der Waals surface area contributed by atoms with Gasteiger partial charge in [0.25, 0.3) is 6.71 Å². The highest BCUT2D eigenvalue weighted by Crippen LogP contribution is 2.45. The van der Waals surface area contributed by atoms with Crippen molar-refractivity contribution < 1.29 is 0 Å². The first-order valence-corrected chi connectivity index (χ1v) is 28.5. The summed E-state index contributed by atoms with van der Waals surface area (Å²) < 4.78 is 5.19. The monoisotopic (exact) mass is 1040 g/mol. The van der Waals surface area contributed by atoms with Gasteiger partial charge in [-0.25, -0.2) is 9.97 Å². The summed E-state index contributed by atoms with van der Waals surface area (Å²) in [6, 6.07) is 88.4. The standard InChI is InChI=1S/C76H57BN4/c1-75(2,3)56-32-26-48(27-33-56)53-40-61-59-38-51(46-18-10-7-11-19-46)30-36-66(59)80-68-44-55(74-78-65-25-17-16-24-58(65)71(79-74)50-22-14-9-15-23-50)45-69-70(68)77(63(42-53)72(61)80)64-43-54(49-28-34-57(35-29-49)76(4,5)6)41-62-60-39-52(47-20-12-8-13-21-47)31-37-67(60)81(69)73(62)64/h7-45H,1-6H3. The number of para-hydroxylation sites is 1. The molecule has 384 valence electrons. The van der Waals surface area contributed by atoms with Crippen molar-refractivity contribution in [1.29, 1.82) is 0 Å². The quantitative estimate of drug-likeness (QED) is 0.156. The fourth-order valence-corrected chi connectivity index (χ4v) is 13.5. The van der Waals surface area contributed by atoms with E-state index in [-0.39, 0.29) is 17.5 Å². The summed E-state index contributed by atoms with van der Waals surface area (Å²) in [7, 11) is 0. The summed E-state index contributed by atoms with van der Waals surface area (Å²) in [6.07, 6.45) is 0. The molecule has 5 heteroatoms. The minimum atomic E-state index is -0.134. The highest BCUT2D eigenvalue weighted by atomic mass is 15.0. The molecule has 14 aromatic rings. The molecule has 2 aliphatic heterocycles. The molecule has 0 saturated heterocycles. The number of rotatable bonds is 6. The van der Waals surface area contributed by atoms with Crippen LogP contribution in [-0.4, -0.2) is 25.8 Å². The molecule has 0 atom stereocenters. The van der Waals surface area contributed by atoms with Gasteiger partial charge in [-0.15, -0.1) is 0 Å². The summed E-state index contributed by atoms with van der Waals surface area (Å²) >= 11 is 0. The molecule has 0 aliphatic carbocycles. The molecule has 0 unspecified atom stereocenters. The molecule has 2 aliphatic rings. The van der Waals surface area contributed by atoms with Crippen molar-refractivity contribution in [3.05, 3.63) is 248 Å². The number of hydrogen-bond donors (Lipinski definition) is 0. The van der Waals surface area contributed by atoms with E-state index in [0.29, 0.717) is 5.82 Å². The van der Waals surface area contributed by atoms with Crippen LogP contribution in [0.2, 0.25) is 0 Å². The summed E-state index contributed by atoms with van der Waals surface area (Å²) in [6.45, 7) is 13.6. The minimum absolute atomic E-state index is 0.0293. The predicted octanol–water partition coefficient (Wildman–Crippen LogP) is 17.6. The third-order valence-corrected chi connectivity index (χ3v) is 17.6. The lowest BCUT2D eigenvalue weighted by Gasteiger charge is -2.34. The second-order valence-electron chi connectivity index (χ2n) is 24.6. The van der Waals surface area contributed by atoms with Gasteiger partial charge in [0.2, 0.25) is 0 Å². The molecule has 3 aromatic heterocycles. The minimum Gasteiger partial charge on any atom is -0.310 e. The lowest BCUT2D eigenvalue weighted by Crippen LogP contribution is -2.59. The van der Waals surface area contributed by atoms with Crippen LogP contribution in [0.4, 0.5) is 0 Å². The van der Waals surface area contributed by atoms with Gasteiger partial charge in [0.05, 0.1) is 22.2 Å². The van der Waals surface area contributed by atoms with E-state index in [1.807, 2.05) is 0 Å². The van der Waals surface area contributed by atoms with E-state index in [0.717, 1.165) is 39.1 Å². The second kappa shape index (κ2) is 17.5. The summed E-state index contributed by atoms with van der Waals surface area (Å²) in [5.74, 6) is 0.695. The average Bonchev–Trinajstić information content (AvgIpc) is 4.14. The summed E-state index contributed by atoms with van der Waals surface area (Å²) in [5.41, 5.74) is 27.2. The molecule has 0 bridgehead atoms. The molecule has 0 spiro atoms. The van der Waals surface area contributed by atoms with Crippen LogP contribution >= 0.6 is 0 Å². The van der Waals surface area contributed by atoms with E-state index >= 15 is 0 Å². The number of fused-ring (bicyclic) bond motifs is 11. The van der Waals surface area contributed by atoms with E-state index in [9.17, 15) is 0 Å². The van der Waals surface area contributed by atoms with Gasteiger partial charge < -0.3 is 9.13 Å². The second-order valence-corrected chi connectivity index (χ2v) is 24.6. The van der Waals surface area contributed by atoms with Crippen molar-refractivity contribution in [2.45, 2.75) is 52.4 Å². The molecule has 0 fully saturated rings. The Labute approximate surface area is 472 Å². The van der Waals surface area contributed by atoms with Crippen molar-refractivity contribution >= 4 is 77.6 Å². The first-order valence-electron chi connectivity index (χ1n) is 28.5. The Balaban J connectivity index is 1.06. The van der Waals surface area contributed by atoms with Gasteiger partial charge in [0, 0.05) is 60.5 Å². The third kappa shape index (κ3) is 7.38. The Morgan fingerprint density at radius 3 is 1.20 bits per heavy atom. The van der Waals surface area contributed by atoms with E-state index in [1.54, 1.807) is 0 Å². The Morgan fingerprint density at radius 2 is 0.728 bits per heavy atom. The fourth-order valence-electron chi connectivity index (χ4n) is 13.5. The van der Waals surface area contributed by atoms with Crippen LogP contribution in [0.25, 0.3) is 133 Å². The first kappa shape index (κ1) is 47.4. The number of hydrogen-bond acceptors (Lipinski definition) is 2. The maximum atomic E-state index is 5.58. The maximum absolute atomic E-state index is 5.58. The van der Waals surface area contributed by atoms with Gasteiger partial charge in [-0.05, 0) is 137 Å². The molecule has 0 N–H and O–H groups in total. The highest BCUT2D eigenvalue weighted by Gasteiger charge is 2.42. The van der Waals surface area contributed by atoms with E-state index in [2.05, 4.69) is 287 Å². The highest BCUT2D eigenvalue weighted by molar-refractivity contribution is 7.00. The largest absolute Gasteiger partial charge is 0.310 e. The van der Waals surface area contributed by atoms with Crippen LogP contribution in [0.3, 0.4) is 0 Å². The van der Waals surface area contributed by atoms with Gasteiger partial charge in [0.15, 0.2) is 5.82 Å². The Morgan fingerprint density at radius 1 is 0.321 bits per heavy atom. The normalized spacial score (nSPS) is 12.8. The Bertz CT molecular complexity index is 4650. The van der Waals surface area contributed by atoms with Gasteiger partial charge >= 0.3 is 0 Å². The van der Waals surface area contributed by atoms with E-state index in [1.165, 1.54) is 116 Å². The van der Waals surface area contributed by atoms with Crippen molar-refractivity contribution in [2.75, 3.05) is 0 Å². The number of benzene rings is 11. The zero-order valence-electron chi connectivity index (χ0n) is 46.4. The van der Waals surface area contributed by atoms with Gasteiger partial charge in [-0.1, -0.05) is 224 Å². The number of nitrogens with zero attached hydrogens (tertiary/aromatic N) is 4. The van der Waals surface area contributed by atoms with Crippen molar-refractivity contribution in [2.24, 2.45) is 0 Å². The lowest BCUT2D eigenvalue weighted by atomic mass is 9.34. The molecule has 0 saturated carbocycles. The van der Waals surface area contributed by atoms with Crippen molar-refractivity contribution in [1.82, 2.24) is 19.1 Å². The number of aromatic nitrogens is 4. The molecular formula is C76H57BN4. The Hall–Kier alpha value is -9.58. The van der Waals surface area contributed by atoms with Gasteiger partial charge in [-0.3, -0.25) is 0 Å². The Kier molecular flexibility index (Phi) is 10.2. The topological polar surface area (TPSA) is 35.6 Å². The molecule has 16 rings (SSSR count). The van der Waals surface area contributed by atoms with Crippen LogP contribution in [0.1, 0.15) is 52.7 Å². The molecular weight excluding hydrogens is 980 g/mol. The van der Waals surface area contributed by atoms with E-state index in [4.69, 9.17) is 9.97 Å². The molecule has 4 nitrogen and oxygen atoms in total. The average molecular weight is 1040 g/mol. The van der Waals surface area contributed by atoms with Crippen molar-refractivity contribution in [3.8, 4) is 78.5 Å². The van der Waals surface area contributed by atoms with Crippen molar-refractivity contribution in [3.63, 3.8) is 0 Å². The molecule has 81 heavy (non-hydrogen) atoms. The van der Waals surface area contributed by atoms with Crippen LogP contribution < -0.4 is 16.4 Å². The molecule has 11 aromatic carbocycles. The first-order chi connectivity index (χ1) is 39.4. The predicted molar refractivity (Wildman–Crippen MR) is 343 cm³/mol. The summed E-state index contributed by atoms with van der Waals surface area (Å²) in [5, 5.41) is 5.96.